The van der Waals surface area contributed by atoms with Crippen LogP contribution in [0.15, 0.2) is 48.1 Å². The number of aliphatic hydroxyl groups is 1. The van der Waals surface area contributed by atoms with Gasteiger partial charge >= 0.3 is 47.6 Å². The molecule has 0 heterocycles. The summed E-state index contributed by atoms with van der Waals surface area (Å²) in [6, 6.07) is 4.58. The highest BCUT2D eigenvalue weighted by molar-refractivity contribution is 6.76. The highest BCUT2D eigenvalue weighted by Gasteiger charge is 2.95. The van der Waals surface area contributed by atoms with Crippen LogP contribution in [-0.4, -0.2) is 85.4 Å². The number of rotatable bonds is 23. The number of ether oxygens (including phenoxy) is 1. The maximum Gasteiger partial charge on any atom is 0.460 e. The first-order valence-electron chi connectivity index (χ1n) is 17.5. The molecule has 0 aliphatic carbocycles. The minimum absolute atomic E-state index is 0.181. The zero-order valence-corrected chi connectivity index (χ0v) is 33.1. The molecule has 1 amide bonds. The average Bonchev–Trinajstić information content (AvgIpc) is 3.11. The van der Waals surface area contributed by atoms with Gasteiger partial charge in [-0.1, -0.05) is 58.9 Å². The van der Waals surface area contributed by atoms with Crippen LogP contribution in [0.5, 0.6) is 5.75 Å². The Morgan fingerprint density at radius 2 is 1.19 bits per heavy atom. The molecule has 59 heavy (non-hydrogen) atoms. The molecule has 0 spiro atoms. The summed E-state index contributed by atoms with van der Waals surface area (Å²) in [7, 11) is -3.95. The number of amides is 1. The Bertz CT molecular complexity index is 1570. The predicted octanol–water partition coefficient (Wildman–Crippen LogP) is 11.7. The number of carbonyl (C=O) groups is 1. The summed E-state index contributed by atoms with van der Waals surface area (Å²) in [6.45, 7) is 7.86. The fraction of sp³-hybridized carbons (Fsp3) is 0.686. The maximum atomic E-state index is 14.9. The van der Waals surface area contributed by atoms with Crippen LogP contribution < -0.4 is 10.2 Å². The smallest absolute Gasteiger partial charge is 0.460 e. The molecule has 0 bridgehead atoms. The van der Waals surface area contributed by atoms with Crippen molar-refractivity contribution in [2.24, 2.45) is 5.92 Å². The van der Waals surface area contributed by atoms with Gasteiger partial charge in [0.25, 0.3) is 5.91 Å². The van der Waals surface area contributed by atoms with Gasteiger partial charge in [0, 0.05) is 12.5 Å². The fourth-order valence-electron chi connectivity index (χ4n) is 5.91. The second kappa shape index (κ2) is 19.3. The number of hydrogen-bond acceptors (Lipinski definition) is 5. The largest absolute Gasteiger partial charge is 0.491 e. The van der Waals surface area contributed by atoms with Crippen LogP contribution in [0, 0.1) is 5.92 Å². The number of carbonyl (C=O) groups excluding carboxylic acids is 1. The second-order valence-electron chi connectivity index (χ2n) is 14.4. The summed E-state index contributed by atoms with van der Waals surface area (Å²) < 4.78 is 246. The van der Waals surface area contributed by atoms with E-state index in [0.29, 0.717) is 24.0 Å². The highest BCUT2D eigenvalue weighted by atomic mass is 28.4. The topological polar surface area (TPSA) is 88.0 Å². The van der Waals surface area contributed by atoms with Crippen molar-refractivity contribution in [2.45, 2.75) is 132 Å². The molecule has 0 fully saturated rings. The third kappa shape index (κ3) is 11.0. The number of hydrogen-bond donors (Lipinski definition) is 3. The Morgan fingerprint density at radius 1 is 0.729 bits per heavy atom. The van der Waals surface area contributed by atoms with E-state index in [4.69, 9.17) is 14.4 Å². The van der Waals surface area contributed by atoms with Gasteiger partial charge in [-0.15, -0.1) is 0 Å². The Kier molecular flexibility index (Phi) is 17.6. The predicted molar refractivity (Wildman–Crippen MR) is 180 cm³/mol. The molecule has 1 rings (SSSR count). The molecule has 0 saturated heterocycles. The van der Waals surface area contributed by atoms with Gasteiger partial charge in [0.2, 0.25) is 0 Å². The zero-order valence-electron chi connectivity index (χ0n) is 32.1. The minimum atomic E-state index is -8.68. The summed E-state index contributed by atoms with van der Waals surface area (Å²) in [5, 5.41) is 19.3. The van der Waals surface area contributed by atoms with E-state index in [0.717, 1.165) is 6.08 Å². The molecule has 0 aliphatic rings. The highest BCUT2D eigenvalue weighted by Crippen LogP contribution is 2.64. The van der Waals surface area contributed by atoms with E-state index in [1.807, 2.05) is 0 Å². The third-order valence-corrected chi connectivity index (χ3v) is 15.4. The molecule has 342 valence electrons. The van der Waals surface area contributed by atoms with E-state index in [-0.39, 0.29) is 18.3 Å². The molecule has 6 nitrogen and oxygen atoms in total. The molecule has 2 atom stereocenters. The number of allylic oxidation sites excluding steroid dienone is 3. The number of hydroxylamine groups is 1. The summed E-state index contributed by atoms with van der Waals surface area (Å²) >= 11 is 0. The van der Waals surface area contributed by atoms with Crippen LogP contribution in [0.3, 0.4) is 0 Å². The van der Waals surface area contributed by atoms with Crippen LogP contribution in [0.1, 0.15) is 72.5 Å². The lowest BCUT2D eigenvalue weighted by Crippen LogP contribution is -2.74. The summed E-state index contributed by atoms with van der Waals surface area (Å²) in [6.07, 6.45) is -5.70. The number of benzene rings is 1. The lowest BCUT2D eigenvalue weighted by Gasteiger charge is -2.44. The van der Waals surface area contributed by atoms with Crippen molar-refractivity contribution in [1.82, 2.24) is 5.48 Å². The SMILES string of the molecule is CC(/C=C/CC[C@H](C)[C@H](O)c1ccc(OCCO[Si](CCC(F)(F)C(F)(F)C(F)(F)C(F)(F)C(F)(F)C(F)(F)C(F)(F)C(F)(F)F)(C(C)C)C(C)C)cc1)=C\C(=O)NO. The van der Waals surface area contributed by atoms with Crippen molar-refractivity contribution < 1.29 is 98.9 Å². The summed E-state index contributed by atoms with van der Waals surface area (Å²) in [4.78, 5) is 11.1. The fourth-order valence-corrected chi connectivity index (χ4v) is 10.4. The molecule has 0 aromatic heterocycles. The van der Waals surface area contributed by atoms with E-state index in [2.05, 4.69) is 0 Å². The molecular formula is C35H44F17NO5Si. The van der Waals surface area contributed by atoms with E-state index >= 15 is 0 Å². The van der Waals surface area contributed by atoms with Crippen molar-refractivity contribution >= 4 is 14.2 Å². The first-order valence-corrected chi connectivity index (χ1v) is 19.8. The Balaban J connectivity index is 3.12. The van der Waals surface area contributed by atoms with Crippen LogP contribution >= 0.6 is 0 Å². The first-order chi connectivity index (χ1) is 26.5. The number of halogens is 17. The quantitative estimate of drug-likeness (QED) is 0.0194. The molecular weight excluding hydrogens is 865 g/mol. The minimum Gasteiger partial charge on any atom is -0.491 e. The van der Waals surface area contributed by atoms with E-state index in [1.54, 1.807) is 26.0 Å². The number of nitrogens with one attached hydrogen (secondary N) is 1. The van der Waals surface area contributed by atoms with Crippen molar-refractivity contribution in [1.29, 1.82) is 0 Å². The van der Waals surface area contributed by atoms with Crippen LogP contribution in [0.25, 0.3) is 0 Å². The lowest BCUT2D eigenvalue weighted by molar-refractivity contribution is -0.461. The van der Waals surface area contributed by atoms with Crippen molar-refractivity contribution in [3.63, 3.8) is 0 Å². The summed E-state index contributed by atoms with van der Waals surface area (Å²) in [5.74, 6) is -57.5. The molecule has 1 aromatic rings. The van der Waals surface area contributed by atoms with Crippen molar-refractivity contribution in [3.8, 4) is 5.75 Å². The van der Waals surface area contributed by atoms with Crippen molar-refractivity contribution in [2.75, 3.05) is 13.2 Å². The zero-order chi connectivity index (χ0) is 46.4. The maximum absolute atomic E-state index is 14.9. The van der Waals surface area contributed by atoms with Gasteiger partial charge in [-0.25, -0.2) is 5.48 Å². The van der Waals surface area contributed by atoms with Gasteiger partial charge < -0.3 is 14.3 Å². The molecule has 3 N–H and O–H groups in total. The van der Waals surface area contributed by atoms with Crippen LogP contribution in [0.2, 0.25) is 17.1 Å². The van der Waals surface area contributed by atoms with Crippen LogP contribution in [0.4, 0.5) is 74.6 Å². The Morgan fingerprint density at radius 3 is 1.63 bits per heavy atom. The van der Waals surface area contributed by atoms with Gasteiger partial charge in [0.05, 0.1) is 12.7 Å². The van der Waals surface area contributed by atoms with E-state index in [9.17, 15) is 84.5 Å². The third-order valence-electron chi connectivity index (χ3n) is 9.69. The standard InChI is InChI=1S/C35H44F17NO5Si/c1-20(2)59(21(3)4,58-17-16-57-25-13-11-24(12-14-25)27(55)23(6)10-8-7-9-22(5)19-26(54)53-56)18-15-28(36,37)29(38,39)30(40,41)31(42,43)32(44,45)33(46,47)34(48,49)35(50,51)52/h7,9,11-14,19-21,23,27,55-56H,8,10,15-18H2,1-6H3,(H,53,54)/b9-7+,22-19+/t23-,27-/m0/s1. The Labute approximate surface area is 328 Å². The number of aliphatic hydroxyl groups excluding tert-OH is 1. The van der Waals surface area contributed by atoms with E-state index in [1.165, 1.54) is 57.4 Å². The van der Waals surface area contributed by atoms with Gasteiger partial charge in [-0.05, 0) is 66.1 Å². The Hall–Kier alpha value is -3.12. The lowest BCUT2D eigenvalue weighted by atomic mass is 9.88. The monoisotopic (exact) mass is 909 g/mol. The molecule has 0 unspecified atom stereocenters. The first kappa shape index (κ1) is 53.9. The van der Waals surface area contributed by atoms with Gasteiger partial charge in [0.15, 0.2) is 8.32 Å². The normalized spacial score (nSPS) is 15.9. The molecule has 0 radical (unpaired) electrons. The van der Waals surface area contributed by atoms with Gasteiger partial charge in [-0.3, -0.25) is 10.0 Å². The van der Waals surface area contributed by atoms with Crippen molar-refractivity contribution in [3.05, 3.63) is 53.6 Å². The molecule has 0 aliphatic heterocycles. The molecule has 1 aromatic carbocycles. The average molecular weight is 910 g/mol. The molecule has 24 heteroatoms. The van der Waals surface area contributed by atoms with Gasteiger partial charge in [-0.2, -0.15) is 74.6 Å². The van der Waals surface area contributed by atoms with E-state index < -0.39 is 98.1 Å². The van der Waals surface area contributed by atoms with Crippen LogP contribution in [-0.2, 0) is 9.22 Å². The number of alkyl halides is 17. The molecule has 0 saturated carbocycles. The summed E-state index contributed by atoms with van der Waals surface area (Å²) in [5.41, 5.74) is 0.785. The van der Waals surface area contributed by atoms with Gasteiger partial charge in [0.1, 0.15) is 12.4 Å². The second-order valence-corrected chi connectivity index (χ2v) is 19.5.